The normalized spacial score (nSPS) is 23.7. The number of cyclic esters (lactones) is 1. The Kier molecular flexibility index (Phi) is 6.31. The molecular formula is C15H26O2. The summed E-state index contributed by atoms with van der Waals surface area (Å²) in [5.41, 5.74) is -0.178. The molecule has 17 heavy (non-hydrogen) atoms. The molecule has 1 rings (SSSR count). The van der Waals surface area contributed by atoms with Gasteiger partial charge < -0.3 is 4.74 Å². The zero-order valence-electron chi connectivity index (χ0n) is 11.2. The Morgan fingerprint density at radius 2 is 1.88 bits per heavy atom. The molecule has 0 aromatic heterocycles. The van der Waals surface area contributed by atoms with Crippen LogP contribution in [0.4, 0.5) is 0 Å². The maximum atomic E-state index is 11.5. The van der Waals surface area contributed by atoms with E-state index in [0.29, 0.717) is 6.61 Å². The molecule has 0 bridgehead atoms. The summed E-state index contributed by atoms with van der Waals surface area (Å²) in [6.07, 6.45) is 12.6. The predicted octanol–water partition coefficient (Wildman–Crippen LogP) is 4.25. The lowest BCUT2D eigenvalue weighted by Gasteiger charge is -2.18. The zero-order chi connectivity index (χ0) is 12.6. The van der Waals surface area contributed by atoms with Crippen molar-refractivity contribution in [2.75, 3.05) is 6.61 Å². The molecule has 1 atom stereocenters. The van der Waals surface area contributed by atoms with Crippen LogP contribution in [0.3, 0.4) is 0 Å². The molecule has 0 radical (unpaired) electrons. The number of rotatable bonds is 9. The van der Waals surface area contributed by atoms with E-state index < -0.39 is 0 Å². The summed E-state index contributed by atoms with van der Waals surface area (Å²) in [5.74, 6) is 0.0171. The minimum Gasteiger partial charge on any atom is -0.465 e. The van der Waals surface area contributed by atoms with Gasteiger partial charge in [-0.3, -0.25) is 4.79 Å². The molecule has 1 heterocycles. The van der Waals surface area contributed by atoms with Crippen molar-refractivity contribution in [1.82, 2.24) is 0 Å². The van der Waals surface area contributed by atoms with Gasteiger partial charge in [0.05, 0.1) is 12.0 Å². The third-order valence-electron chi connectivity index (χ3n) is 3.77. The first-order valence-electron chi connectivity index (χ1n) is 6.97. The highest BCUT2D eigenvalue weighted by Gasteiger charge is 2.38. The van der Waals surface area contributed by atoms with Crippen LogP contribution in [0.1, 0.15) is 64.7 Å². The van der Waals surface area contributed by atoms with Crippen molar-refractivity contribution in [1.29, 1.82) is 0 Å². The fourth-order valence-electron chi connectivity index (χ4n) is 2.38. The van der Waals surface area contributed by atoms with Gasteiger partial charge in [-0.1, -0.05) is 38.2 Å². The summed E-state index contributed by atoms with van der Waals surface area (Å²) in [7, 11) is 0. The molecule has 98 valence electrons. The molecule has 0 aromatic carbocycles. The molecule has 0 saturated carbocycles. The van der Waals surface area contributed by atoms with Gasteiger partial charge in [0.25, 0.3) is 0 Å². The molecular weight excluding hydrogens is 212 g/mol. The van der Waals surface area contributed by atoms with E-state index in [-0.39, 0.29) is 11.4 Å². The van der Waals surface area contributed by atoms with Gasteiger partial charge in [-0.2, -0.15) is 0 Å². The second-order valence-electron chi connectivity index (χ2n) is 5.40. The van der Waals surface area contributed by atoms with E-state index >= 15 is 0 Å². The van der Waals surface area contributed by atoms with Crippen molar-refractivity contribution in [3.63, 3.8) is 0 Å². The maximum absolute atomic E-state index is 11.5. The van der Waals surface area contributed by atoms with E-state index in [1.54, 1.807) is 0 Å². The fraction of sp³-hybridized carbons (Fsp3) is 0.800. The highest BCUT2D eigenvalue weighted by molar-refractivity contribution is 5.78. The highest BCUT2D eigenvalue weighted by Crippen LogP contribution is 2.34. The minimum atomic E-state index is -0.178. The first-order chi connectivity index (χ1) is 8.19. The summed E-state index contributed by atoms with van der Waals surface area (Å²) < 4.78 is 5.04. The lowest BCUT2D eigenvalue weighted by molar-refractivity contribution is -0.145. The first kappa shape index (κ1) is 14.3. The second-order valence-corrected chi connectivity index (χ2v) is 5.40. The van der Waals surface area contributed by atoms with Gasteiger partial charge in [0.15, 0.2) is 0 Å². The van der Waals surface area contributed by atoms with Gasteiger partial charge in [0.1, 0.15) is 0 Å². The van der Waals surface area contributed by atoms with E-state index in [1.165, 1.54) is 32.1 Å². The van der Waals surface area contributed by atoms with Crippen molar-refractivity contribution in [3.05, 3.63) is 12.7 Å². The molecule has 1 aliphatic rings. The van der Waals surface area contributed by atoms with Crippen LogP contribution in [0.15, 0.2) is 12.7 Å². The summed E-state index contributed by atoms with van der Waals surface area (Å²) in [4.78, 5) is 11.5. The van der Waals surface area contributed by atoms with Crippen molar-refractivity contribution < 1.29 is 9.53 Å². The highest BCUT2D eigenvalue weighted by atomic mass is 16.5. The molecule has 1 aliphatic heterocycles. The Hall–Kier alpha value is -0.790. The molecule has 0 unspecified atom stereocenters. The third-order valence-corrected chi connectivity index (χ3v) is 3.77. The quantitative estimate of drug-likeness (QED) is 0.341. The van der Waals surface area contributed by atoms with Crippen LogP contribution < -0.4 is 0 Å². The molecule has 1 fully saturated rings. The molecule has 1 saturated heterocycles. The third kappa shape index (κ3) is 4.93. The zero-order valence-corrected chi connectivity index (χ0v) is 11.2. The van der Waals surface area contributed by atoms with Crippen molar-refractivity contribution in [2.24, 2.45) is 5.41 Å². The largest absolute Gasteiger partial charge is 0.465 e. The molecule has 0 aromatic rings. The van der Waals surface area contributed by atoms with Crippen molar-refractivity contribution >= 4 is 5.97 Å². The lowest BCUT2D eigenvalue weighted by Crippen LogP contribution is -2.21. The average molecular weight is 238 g/mol. The second kappa shape index (κ2) is 7.52. The number of ether oxygens (including phenoxy) is 1. The number of carbonyl (C=O) groups is 1. The van der Waals surface area contributed by atoms with Gasteiger partial charge in [0.2, 0.25) is 0 Å². The van der Waals surface area contributed by atoms with E-state index in [1.807, 2.05) is 13.0 Å². The summed E-state index contributed by atoms with van der Waals surface area (Å²) >= 11 is 0. The van der Waals surface area contributed by atoms with Gasteiger partial charge >= 0.3 is 5.97 Å². The molecule has 0 spiro atoms. The van der Waals surface area contributed by atoms with Crippen LogP contribution in [-0.2, 0) is 9.53 Å². The Labute approximate surface area is 105 Å². The van der Waals surface area contributed by atoms with Crippen LogP contribution in [0, 0.1) is 5.41 Å². The van der Waals surface area contributed by atoms with Crippen LogP contribution in [0.2, 0.25) is 0 Å². The number of carbonyl (C=O) groups excluding carboxylic acids is 1. The number of hydrogen-bond donors (Lipinski definition) is 0. The van der Waals surface area contributed by atoms with Crippen LogP contribution >= 0.6 is 0 Å². The Balaban J connectivity index is 1.97. The SMILES string of the molecule is C=CCCCCCCCC[C@]1(C)CCOC1=O. The van der Waals surface area contributed by atoms with Gasteiger partial charge in [0, 0.05) is 0 Å². The van der Waals surface area contributed by atoms with E-state index in [0.717, 1.165) is 25.7 Å². The smallest absolute Gasteiger partial charge is 0.311 e. The van der Waals surface area contributed by atoms with Gasteiger partial charge in [-0.05, 0) is 32.6 Å². The topological polar surface area (TPSA) is 26.3 Å². The molecule has 2 heteroatoms. The van der Waals surface area contributed by atoms with Gasteiger partial charge in [-0.15, -0.1) is 6.58 Å². The minimum absolute atomic E-state index is 0.0171. The van der Waals surface area contributed by atoms with E-state index in [9.17, 15) is 4.79 Å². The van der Waals surface area contributed by atoms with E-state index in [4.69, 9.17) is 4.74 Å². The molecule has 0 N–H and O–H groups in total. The van der Waals surface area contributed by atoms with Crippen molar-refractivity contribution in [2.45, 2.75) is 64.7 Å². The van der Waals surface area contributed by atoms with Crippen LogP contribution in [0.25, 0.3) is 0 Å². The molecule has 0 aliphatic carbocycles. The Bertz CT molecular complexity index is 247. The average Bonchev–Trinajstić information content (AvgIpc) is 2.63. The Morgan fingerprint density at radius 1 is 1.24 bits per heavy atom. The number of allylic oxidation sites excluding steroid dienone is 1. The summed E-state index contributed by atoms with van der Waals surface area (Å²) in [5, 5.41) is 0. The summed E-state index contributed by atoms with van der Waals surface area (Å²) in [6, 6.07) is 0. The van der Waals surface area contributed by atoms with Crippen LogP contribution in [-0.4, -0.2) is 12.6 Å². The van der Waals surface area contributed by atoms with Crippen molar-refractivity contribution in [3.8, 4) is 0 Å². The molecule has 2 nitrogen and oxygen atoms in total. The maximum Gasteiger partial charge on any atom is 0.311 e. The number of unbranched alkanes of at least 4 members (excludes halogenated alkanes) is 6. The monoisotopic (exact) mass is 238 g/mol. The van der Waals surface area contributed by atoms with Gasteiger partial charge in [-0.25, -0.2) is 0 Å². The van der Waals surface area contributed by atoms with Crippen LogP contribution in [0.5, 0.6) is 0 Å². The number of hydrogen-bond acceptors (Lipinski definition) is 2. The predicted molar refractivity (Wildman–Crippen MR) is 70.8 cm³/mol. The Morgan fingerprint density at radius 3 is 2.47 bits per heavy atom. The lowest BCUT2D eigenvalue weighted by atomic mass is 9.83. The summed E-state index contributed by atoms with van der Waals surface area (Å²) in [6.45, 7) is 6.39. The fourth-order valence-corrected chi connectivity index (χ4v) is 2.38. The number of esters is 1. The standard InChI is InChI=1S/C15H26O2/c1-3-4-5-6-7-8-9-10-11-15(2)12-13-17-14(15)16/h3H,1,4-13H2,2H3/t15-/m1/s1. The van der Waals surface area contributed by atoms with E-state index in [2.05, 4.69) is 6.58 Å². The first-order valence-corrected chi connectivity index (χ1v) is 6.97. The molecule has 0 amide bonds.